The zero-order valence-electron chi connectivity index (χ0n) is 12.7. The van der Waals surface area contributed by atoms with Gasteiger partial charge in [-0.1, -0.05) is 18.2 Å². The van der Waals surface area contributed by atoms with Crippen molar-refractivity contribution < 1.29 is 0 Å². The molecule has 21 heavy (non-hydrogen) atoms. The van der Waals surface area contributed by atoms with E-state index in [0.29, 0.717) is 0 Å². The van der Waals surface area contributed by atoms with Gasteiger partial charge in [-0.3, -0.25) is 0 Å². The predicted octanol–water partition coefficient (Wildman–Crippen LogP) is 3.44. The Labute approximate surface area is 126 Å². The minimum absolute atomic E-state index is 0.776. The maximum absolute atomic E-state index is 4.78. The molecule has 1 aliphatic heterocycles. The summed E-state index contributed by atoms with van der Waals surface area (Å²) in [6.07, 6.45) is 4.17. The van der Waals surface area contributed by atoms with Crippen LogP contribution < -0.4 is 5.32 Å². The van der Waals surface area contributed by atoms with Gasteiger partial charge in [0.15, 0.2) is 0 Å². The molecule has 1 N–H and O–H groups in total. The summed E-state index contributed by atoms with van der Waals surface area (Å²) in [4.78, 5) is 7.45. The lowest BCUT2D eigenvalue weighted by molar-refractivity contribution is 0.316. The van der Waals surface area contributed by atoms with Crippen molar-refractivity contribution in [2.45, 2.75) is 32.2 Å². The van der Waals surface area contributed by atoms with Crippen molar-refractivity contribution in [2.24, 2.45) is 5.92 Å². The number of pyridine rings is 1. The Balaban J connectivity index is 1.43. The quantitative estimate of drug-likeness (QED) is 0.930. The fourth-order valence-electron chi connectivity index (χ4n) is 3.44. The number of nitrogens with zero attached hydrogens (tertiary/aromatic N) is 2. The van der Waals surface area contributed by atoms with E-state index in [0.717, 1.165) is 29.8 Å². The van der Waals surface area contributed by atoms with Gasteiger partial charge in [-0.15, -0.1) is 0 Å². The van der Waals surface area contributed by atoms with Crippen LogP contribution in [0.1, 0.15) is 24.8 Å². The molecule has 1 atom stereocenters. The maximum Gasteiger partial charge on any atom is 0.129 e. The number of fused-ring (bicyclic) bond motifs is 1. The summed E-state index contributed by atoms with van der Waals surface area (Å²) in [6, 6.07) is 11.5. The number of aryl methyl sites for hydroxylation is 1. The number of aromatic nitrogens is 1. The molecule has 110 valence electrons. The lowest BCUT2D eigenvalue weighted by Gasteiger charge is -2.16. The first-order chi connectivity index (χ1) is 10.3. The molecule has 0 bridgehead atoms. The highest BCUT2D eigenvalue weighted by atomic mass is 15.2. The molecular formula is C18H23N3. The summed E-state index contributed by atoms with van der Waals surface area (Å²) in [5.41, 5.74) is 2.32. The van der Waals surface area contributed by atoms with E-state index in [-0.39, 0.29) is 0 Å². The first-order valence-electron chi connectivity index (χ1n) is 8.14. The number of rotatable bonds is 4. The molecule has 3 heteroatoms. The number of anilines is 1. The molecule has 1 aromatic heterocycles. The molecule has 2 aliphatic rings. The van der Waals surface area contributed by atoms with Gasteiger partial charge in [0.25, 0.3) is 0 Å². The predicted molar refractivity (Wildman–Crippen MR) is 87.7 cm³/mol. The Bertz CT molecular complexity index is 648. The summed E-state index contributed by atoms with van der Waals surface area (Å²) in [6.45, 7) is 5.76. The smallest absolute Gasteiger partial charge is 0.129 e. The fourth-order valence-corrected chi connectivity index (χ4v) is 3.44. The highest BCUT2D eigenvalue weighted by molar-refractivity contribution is 5.81. The van der Waals surface area contributed by atoms with Gasteiger partial charge in [-0.05, 0) is 56.3 Å². The summed E-state index contributed by atoms with van der Waals surface area (Å²) >= 11 is 0. The number of hydrogen-bond acceptors (Lipinski definition) is 3. The van der Waals surface area contributed by atoms with Crippen molar-refractivity contribution in [2.75, 3.05) is 25.0 Å². The highest BCUT2D eigenvalue weighted by Gasteiger charge is 2.34. The Hall–Kier alpha value is -1.61. The third-order valence-corrected chi connectivity index (χ3v) is 4.85. The van der Waals surface area contributed by atoms with Crippen LogP contribution in [-0.4, -0.2) is 35.6 Å². The van der Waals surface area contributed by atoms with E-state index < -0.39 is 0 Å². The van der Waals surface area contributed by atoms with Gasteiger partial charge in [0.1, 0.15) is 5.82 Å². The highest BCUT2D eigenvalue weighted by Crippen LogP contribution is 2.31. The van der Waals surface area contributed by atoms with Crippen molar-refractivity contribution in [3.05, 3.63) is 35.9 Å². The van der Waals surface area contributed by atoms with Crippen molar-refractivity contribution in [3.63, 3.8) is 0 Å². The van der Waals surface area contributed by atoms with E-state index in [1.54, 1.807) is 0 Å². The first-order valence-corrected chi connectivity index (χ1v) is 8.14. The van der Waals surface area contributed by atoms with E-state index in [1.165, 1.54) is 43.3 Å². The molecule has 1 unspecified atom stereocenters. The summed E-state index contributed by atoms with van der Waals surface area (Å²) in [7, 11) is 0. The van der Waals surface area contributed by atoms with Crippen LogP contribution in [0.15, 0.2) is 30.3 Å². The topological polar surface area (TPSA) is 28.2 Å². The number of benzene rings is 1. The molecule has 0 radical (unpaired) electrons. The van der Waals surface area contributed by atoms with Crippen LogP contribution in [0.2, 0.25) is 0 Å². The second-order valence-electron chi connectivity index (χ2n) is 6.61. The lowest BCUT2D eigenvalue weighted by Crippen LogP contribution is -2.25. The van der Waals surface area contributed by atoms with E-state index in [1.807, 2.05) is 0 Å². The van der Waals surface area contributed by atoms with Gasteiger partial charge in [-0.2, -0.15) is 0 Å². The van der Waals surface area contributed by atoms with Crippen molar-refractivity contribution in [3.8, 4) is 0 Å². The zero-order valence-corrected chi connectivity index (χ0v) is 12.7. The Morgan fingerprint density at radius 2 is 2.10 bits per heavy atom. The van der Waals surface area contributed by atoms with Crippen LogP contribution in [0, 0.1) is 12.8 Å². The van der Waals surface area contributed by atoms with Gasteiger partial charge in [0, 0.05) is 24.5 Å². The Kier molecular flexibility index (Phi) is 3.30. The molecule has 4 rings (SSSR count). The van der Waals surface area contributed by atoms with Crippen LogP contribution in [0.25, 0.3) is 10.9 Å². The molecule has 2 aromatic rings. The Morgan fingerprint density at radius 3 is 2.95 bits per heavy atom. The Morgan fingerprint density at radius 1 is 1.24 bits per heavy atom. The minimum Gasteiger partial charge on any atom is -0.370 e. The van der Waals surface area contributed by atoms with E-state index in [2.05, 4.69) is 47.5 Å². The average Bonchev–Trinajstić information content (AvgIpc) is 3.24. The van der Waals surface area contributed by atoms with E-state index in [4.69, 9.17) is 4.98 Å². The molecular weight excluding hydrogens is 258 g/mol. The van der Waals surface area contributed by atoms with Crippen LogP contribution >= 0.6 is 0 Å². The van der Waals surface area contributed by atoms with Crippen molar-refractivity contribution in [1.29, 1.82) is 0 Å². The number of para-hydroxylation sites is 1. The molecule has 2 heterocycles. The molecule has 1 saturated heterocycles. The SMILES string of the molecule is Cc1cc2ccccc2nc1NCC1CCN(C2CC2)C1. The van der Waals surface area contributed by atoms with Crippen LogP contribution in [0.5, 0.6) is 0 Å². The third kappa shape index (κ3) is 2.75. The summed E-state index contributed by atoms with van der Waals surface area (Å²) in [5, 5.41) is 4.81. The first kappa shape index (κ1) is 13.1. The van der Waals surface area contributed by atoms with Gasteiger partial charge in [-0.25, -0.2) is 4.98 Å². The minimum atomic E-state index is 0.776. The standard InChI is InChI=1S/C18H23N3/c1-13-10-15-4-2-3-5-17(15)20-18(13)19-11-14-8-9-21(12-14)16-6-7-16/h2-5,10,14,16H,6-9,11-12H2,1H3,(H,19,20). The fraction of sp³-hybridized carbons (Fsp3) is 0.500. The molecule has 1 aliphatic carbocycles. The second kappa shape index (κ2) is 5.30. The number of nitrogens with one attached hydrogen (secondary N) is 1. The normalized spacial score (nSPS) is 22.8. The molecule has 1 aromatic carbocycles. The molecule has 0 spiro atoms. The third-order valence-electron chi connectivity index (χ3n) is 4.85. The second-order valence-corrected chi connectivity index (χ2v) is 6.61. The van der Waals surface area contributed by atoms with Crippen molar-refractivity contribution >= 4 is 16.7 Å². The molecule has 3 nitrogen and oxygen atoms in total. The zero-order chi connectivity index (χ0) is 14.2. The average molecular weight is 281 g/mol. The molecule has 0 amide bonds. The largest absolute Gasteiger partial charge is 0.370 e. The molecule has 2 fully saturated rings. The maximum atomic E-state index is 4.78. The summed E-state index contributed by atoms with van der Waals surface area (Å²) in [5.74, 6) is 1.83. The molecule has 1 saturated carbocycles. The number of hydrogen-bond donors (Lipinski definition) is 1. The van der Waals surface area contributed by atoms with E-state index in [9.17, 15) is 0 Å². The van der Waals surface area contributed by atoms with Crippen LogP contribution in [-0.2, 0) is 0 Å². The van der Waals surface area contributed by atoms with Crippen molar-refractivity contribution in [1.82, 2.24) is 9.88 Å². The summed E-state index contributed by atoms with van der Waals surface area (Å²) < 4.78 is 0. The number of likely N-dealkylation sites (tertiary alicyclic amines) is 1. The van der Waals surface area contributed by atoms with Gasteiger partial charge < -0.3 is 10.2 Å². The van der Waals surface area contributed by atoms with Crippen LogP contribution in [0.4, 0.5) is 5.82 Å². The monoisotopic (exact) mass is 281 g/mol. The van der Waals surface area contributed by atoms with Gasteiger partial charge >= 0.3 is 0 Å². The van der Waals surface area contributed by atoms with Gasteiger partial charge in [0.05, 0.1) is 5.52 Å². The van der Waals surface area contributed by atoms with Crippen LogP contribution in [0.3, 0.4) is 0 Å². The van der Waals surface area contributed by atoms with E-state index >= 15 is 0 Å². The van der Waals surface area contributed by atoms with Gasteiger partial charge in [0.2, 0.25) is 0 Å². The lowest BCUT2D eigenvalue weighted by atomic mass is 10.1.